The molecule has 134 valence electrons. The van der Waals surface area contributed by atoms with Crippen LogP contribution in [0.3, 0.4) is 0 Å². The fraction of sp³-hybridized carbons (Fsp3) is 0.474. The normalized spacial score (nSPS) is 21.2. The molecular formula is C19H26N4O2. The highest BCUT2D eigenvalue weighted by atomic mass is 16.5. The Bertz CT molecular complexity index is 686. The number of aromatic nitrogens is 2. The Morgan fingerprint density at radius 2 is 2.12 bits per heavy atom. The van der Waals surface area contributed by atoms with Crippen LogP contribution in [-0.4, -0.2) is 53.4 Å². The molecule has 6 nitrogen and oxygen atoms in total. The Labute approximate surface area is 148 Å². The van der Waals surface area contributed by atoms with Crippen LogP contribution >= 0.6 is 0 Å². The van der Waals surface area contributed by atoms with E-state index in [1.54, 1.807) is 17.9 Å². The number of methoxy groups -OCH3 is 1. The molecule has 1 saturated heterocycles. The molecule has 6 heteroatoms. The number of nitrogens with zero attached hydrogens (tertiary/aromatic N) is 3. The quantitative estimate of drug-likeness (QED) is 0.872. The highest BCUT2D eigenvalue weighted by molar-refractivity contribution is 5.91. The predicted octanol–water partition coefficient (Wildman–Crippen LogP) is 1.94. The molecule has 1 amide bonds. The van der Waals surface area contributed by atoms with Crippen molar-refractivity contribution in [1.82, 2.24) is 14.7 Å². The lowest BCUT2D eigenvalue weighted by atomic mass is 9.88. The van der Waals surface area contributed by atoms with Crippen LogP contribution in [0.2, 0.25) is 0 Å². The number of carbonyl (C=O) groups is 1. The lowest BCUT2D eigenvalue weighted by Crippen LogP contribution is -2.47. The molecular weight excluding hydrogens is 316 g/mol. The Balaban J connectivity index is 1.56. The molecule has 0 aliphatic carbocycles. The van der Waals surface area contributed by atoms with Gasteiger partial charge in [-0.15, -0.1) is 0 Å². The summed E-state index contributed by atoms with van der Waals surface area (Å²) in [6, 6.07) is 12.3. The molecule has 1 aromatic carbocycles. The fourth-order valence-electron chi connectivity index (χ4n) is 3.52. The minimum Gasteiger partial charge on any atom is -0.381 e. The first kappa shape index (κ1) is 17.6. The van der Waals surface area contributed by atoms with Gasteiger partial charge in [-0.1, -0.05) is 30.3 Å². The third-order valence-corrected chi connectivity index (χ3v) is 4.74. The summed E-state index contributed by atoms with van der Waals surface area (Å²) >= 11 is 0. The summed E-state index contributed by atoms with van der Waals surface area (Å²) in [5.41, 5.74) is 1.31. The summed E-state index contributed by atoms with van der Waals surface area (Å²) in [6.07, 6.45) is 3.98. The summed E-state index contributed by atoms with van der Waals surface area (Å²) in [4.78, 5) is 14.5. The second kappa shape index (κ2) is 8.27. The number of ether oxygens (including phenoxy) is 1. The first-order valence-electron chi connectivity index (χ1n) is 8.72. The Hall–Kier alpha value is -2.18. The van der Waals surface area contributed by atoms with E-state index in [9.17, 15) is 4.79 Å². The van der Waals surface area contributed by atoms with Crippen LogP contribution < -0.4 is 5.32 Å². The van der Waals surface area contributed by atoms with E-state index in [-0.39, 0.29) is 12.0 Å². The van der Waals surface area contributed by atoms with Gasteiger partial charge in [-0.2, -0.15) is 5.10 Å². The number of piperidine rings is 1. The van der Waals surface area contributed by atoms with E-state index in [4.69, 9.17) is 4.74 Å². The molecule has 25 heavy (non-hydrogen) atoms. The average Bonchev–Trinajstić information content (AvgIpc) is 3.01. The van der Waals surface area contributed by atoms with Crippen LogP contribution in [0.25, 0.3) is 0 Å². The highest BCUT2D eigenvalue weighted by Crippen LogP contribution is 2.23. The second-order valence-electron chi connectivity index (χ2n) is 6.67. The lowest BCUT2D eigenvalue weighted by Gasteiger charge is -2.37. The second-order valence-corrected chi connectivity index (χ2v) is 6.67. The maximum Gasteiger partial charge on any atom is 0.239 e. The standard InChI is InChI=1S/C19H26N4O2/c1-22-10-9-18(21-22)20-19(24)14-23-11-8-17(25-2)16(13-23)12-15-6-4-3-5-7-15/h3-7,9-10,16-17H,8,11-14H2,1-2H3,(H,20,21,24)/t16-,17+/m1/s1. The van der Waals surface area contributed by atoms with Crippen molar-refractivity contribution in [3.05, 3.63) is 48.2 Å². The van der Waals surface area contributed by atoms with Crippen LogP contribution in [0, 0.1) is 5.92 Å². The van der Waals surface area contributed by atoms with Gasteiger partial charge in [-0.25, -0.2) is 0 Å². The van der Waals surface area contributed by atoms with Gasteiger partial charge in [-0.05, 0) is 18.4 Å². The van der Waals surface area contributed by atoms with Gasteiger partial charge in [-0.3, -0.25) is 14.4 Å². The largest absolute Gasteiger partial charge is 0.381 e. The van der Waals surface area contributed by atoms with Crippen molar-refractivity contribution in [1.29, 1.82) is 0 Å². The van der Waals surface area contributed by atoms with E-state index in [2.05, 4.69) is 39.6 Å². The van der Waals surface area contributed by atoms with Gasteiger partial charge in [0.1, 0.15) is 0 Å². The summed E-state index contributed by atoms with van der Waals surface area (Å²) in [6.45, 7) is 2.13. The zero-order valence-corrected chi connectivity index (χ0v) is 14.9. The number of aryl methyl sites for hydroxylation is 1. The summed E-state index contributed by atoms with van der Waals surface area (Å²) in [5.74, 6) is 0.969. The van der Waals surface area contributed by atoms with Gasteiger partial charge in [0.25, 0.3) is 0 Å². The van der Waals surface area contributed by atoms with Crippen molar-refractivity contribution >= 4 is 11.7 Å². The monoisotopic (exact) mass is 342 g/mol. The molecule has 2 aromatic rings. The average molecular weight is 342 g/mol. The Morgan fingerprint density at radius 3 is 2.80 bits per heavy atom. The first-order valence-corrected chi connectivity index (χ1v) is 8.72. The molecule has 1 aliphatic heterocycles. The van der Waals surface area contributed by atoms with E-state index < -0.39 is 0 Å². The highest BCUT2D eigenvalue weighted by Gasteiger charge is 2.30. The van der Waals surface area contributed by atoms with Gasteiger partial charge in [0.15, 0.2) is 5.82 Å². The summed E-state index contributed by atoms with van der Waals surface area (Å²) < 4.78 is 7.36. The van der Waals surface area contributed by atoms with Gasteiger partial charge in [0, 0.05) is 45.4 Å². The van der Waals surface area contributed by atoms with Gasteiger partial charge < -0.3 is 10.1 Å². The van der Waals surface area contributed by atoms with Crippen molar-refractivity contribution in [3.63, 3.8) is 0 Å². The molecule has 1 aromatic heterocycles. The fourth-order valence-corrected chi connectivity index (χ4v) is 3.52. The maximum absolute atomic E-state index is 12.3. The molecule has 0 spiro atoms. The topological polar surface area (TPSA) is 59.4 Å². The van der Waals surface area contributed by atoms with Gasteiger partial charge >= 0.3 is 0 Å². The summed E-state index contributed by atoms with van der Waals surface area (Å²) in [7, 11) is 3.62. The van der Waals surface area contributed by atoms with Crippen molar-refractivity contribution in [2.75, 3.05) is 32.1 Å². The van der Waals surface area contributed by atoms with Crippen molar-refractivity contribution in [3.8, 4) is 0 Å². The third kappa shape index (κ3) is 4.90. The maximum atomic E-state index is 12.3. The van der Waals surface area contributed by atoms with Crippen LogP contribution in [0.1, 0.15) is 12.0 Å². The van der Waals surface area contributed by atoms with Crippen molar-refractivity contribution in [2.45, 2.75) is 18.9 Å². The minimum atomic E-state index is -0.0203. The molecule has 2 heterocycles. The molecule has 0 radical (unpaired) electrons. The van der Waals surface area contributed by atoms with Crippen molar-refractivity contribution in [2.24, 2.45) is 13.0 Å². The molecule has 3 rings (SSSR count). The van der Waals surface area contributed by atoms with E-state index >= 15 is 0 Å². The zero-order valence-electron chi connectivity index (χ0n) is 14.9. The van der Waals surface area contributed by atoms with E-state index in [1.807, 2.05) is 19.3 Å². The van der Waals surface area contributed by atoms with Crippen molar-refractivity contribution < 1.29 is 9.53 Å². The Kier molecular flexibility index (Phi) is 5.83. The molecule has 2 atom stereocenters. The third-order valence-electron chi connectivity index (χ3n) is 4.74. The number of hydrogen-bond acceptors (Lipinski definition) is 4. The number of rotatable bonds is 6. The number of amides is 1. The molecule has 1 aliphatic rings. The van der Waals surface area contributed by atoms with Crippen LogP contribution in [0.5, 0.6) is 0 Å². The smallest absolute Gasteiger partial charge is 0.239 e. The minimum absolute atomic E-state index is 0.0203. The molecule has 1 fully saturated rings. The number of benzene rings is 1. The van der Waals surface area contributed by atoms with Gasteiger partial charge in [0.2, 0.25) is 5.91 Å². The number of hydrogen-bond donors (Lipinski definition) is 1. The van der Waals surface area contributed by atoms with E-state index in [1.165, 1.54) is 5.56 Å². The van der Waals surface area contributed by atoms with Crippen LogP contribution in [0.15, 0.2) is 42.6 Å². The predicted molar refractivity (Wildman–Crippen MR) is 97.3 cm³/mol. The lowest BCUT2D eigenvalue weighted by molar-refractivity contribution is -0.118. The molecule has 0 bridgehead atoms. The number of carbonyl (C=O) groups excluding carboxylic acids is 1. The zero-order chi connectivity index (χ0) is 17.6. The first-order chi connectivity index (χ1) is 12.1. The van der Waals surface area contributed by atoms with Crippen LogP contribution in [0.4, 0.5) is 5.82 Å². The molecule has 0 saturated carbocycles. The molecule has 1 N–H and O–H groups in total. The molecule has 0 unspecified atom stereocenters. The number of anilines is 1. The van der Waals surface area contributed by atoms with Gasteiger partial charge in [0.05, 0.1) is 12.6 Å². The van der Waals surface area contributed by atoms with Crippen LogP contribution in [-0.2, 0) is 23.0 Å². The summed E-state index contributed by atoms with van der Waals surface area (Å²) in [5, 5.41) is 7.04. The van der Waals surface area contributed by atoms with E-state index in [0.29, 0.717) is 18.3 Å². The number of likely N-dealkylation sites (tertiary alicyclic amines) is 1. The number of nitrogens with one attached hydrogen (secondary N) is 1. The Morgan fingerprint density at radius 1 is 1.32 bits per heavy atom. The SMILES string of the molecule is CO[C@H]1CCN(CC(=O)Nc2ccn(C)n2)C[C@H]1Cc1ccccc1. The van der Waals surface area contributed by atoms with E-state index in [0.717, 1.165) is 25.9 Å².